The summed E-state index contributed by atoms with van der Waals surface area (Å²) in [7, 11) is 2.93. The topological polar surface area (TPSA) is 6.48 Å². The van der Waals surface area contributed by atoms with Crippen molar-refractivity contribution in [3.05, 3.63) is 12.4 Å². The van der Waals surface area contributed by atoms with Crippen molar-refractivity contribution in [1.29, 1.82) is 0 Å². The van der Waals surface area contributed by atoms with Gasteiger partial charge in [0.25, 0.3) is 0 Å². The molecule has 0 bridgehead atoms. The van der Waals surface area contributed by atoms with Crippen LogP contribution in [0.25, 0.3) is 0 Å². The molecular formula is C7H14N2Si. The van der Waals surface area contributed by atoms with Crippen LogP contribution >= 0.6 is 0 Å². The summed E-state index contributed by atoms with van der Waals surface area (Å²) in [5.74, 6) is 0.767. The Bertz CT molecular complexity index is 134. The minimum absolute atomic E-state index is 0.767. The second kappa shape index (κ2) is 3.10. The Morgan fingerprint density at radius 2 is 2.10 bits per heavy atom. The molecule has 1 aliphatic heterocycles. The van der Waals surface area contributed by atoms with Crippen LogP contribution in [0.5, 0.6) is 0 Å². The van der Waals surface area contributed by atoms with Gasteiger partial charge in [-0.15, -0.1) is 0 Å². The van der Waals surface area contributed by atoms with E-state index in [0.29, 0.717) is 0 Å². The molecule has 2 radical (unpaired) electrons. The van der Waals surface area contributed by atoms with Crippen molar-refractivity contribution in [2.24, 2.45) is 5.92 Å². The van der Waals surface area contributed by atoms with Gasteiger partial charge in [0, 0.05) is 18.9 Å². The van der Waals surface area contributed by atoms with Gasteiger partial charge in [-0.3, -0.25) is 0 Å². The van der Waals surface area contributed by atoms with E-state index in [1.165, 1.54) is 6.54 Å². The molecule has 2 nitrogen and oxygen atoms in total. The van der Waals surface area contributed by atoms with Gasteiger partial charge in [-0.25, -0.2) is 0 Å². The van der Waals surface area contributed by atoms with Gasteiger partial charge in [-0.2, -0.15) is 0 Å². The lowest BCUT2D eigenvalue weighted by Crippen LogP contribution is -2.29. The largest absolute Gasteiger partial charge is 0.388 e. The lowest BCUT2D eigenvalue weighted by molar-refractivity contribution is 0.474. The molecule has 0 saturated carbocycles. The van der Waals surface area contributed by atoms with E-state index in [1.54, 1.807) is 0 Å². The molecule has 0 aromatic carbocycles. The van der Waals surface area contributed by atoms with Crippen molar-refractivity contribution < 1.29 is 0 Å². The molecule has 1 heterocycles. The van der Waals surface area contributed by atoms with Crippen LogP contribution in [-0.2, 0) is 0 Å². The van der Waals surface area contributed by atoms with E-state index in [-0.39, 0.29) is 0 Å². The van der Waals surface area contributed by atoms with Crippen LogP contribution in [0, 0.1) is 5.92 Å². The third-order valence-electron chi connectivity index (χ3n) is 1.32. The third kappa shape index (κ3) is 2.06. The quantitative estimate of drug-likeness (QED) is 0.545. The van der Waals surface area contributed by atoms with Gasteiger partial charge < -0.3 is 9.13 Å². The van der Waals surface area contributed by atoms with Gasteiger partial charge in [0.2, 0.25) is 0 Å². The van der Waals surface area contributed by atoms with Crippen LogP contribution in [0.2, 0.25) is 0 Å². The fourth-order valence-corrected chi connectivity index (χ4v) is 2.06. The highest BCUT2D eigenvalue weighted by Crippen LogP contribution is 2.04. The van der Waals surface area contributed by atoms with Crippen LogP contribution in [0.15, 0.2) is 12.4 Å². The van der Waals surface area contributed by atoms with Crippen molar-refractivity contribution in [2.45, 2.75) is 13.8 Å². The van der Waals surface area contributed by atoms with Crippen molar-refractivity contribution in [3.63, 3.8) is 0 Å². The lowest BCUT2D eigenvalue weighted by Gasteiger charge is -2.17. The predicted octanol–water partition coefficient (Wildman–Crippen LogP) is 0.895. The molecule has 0 aromatic heterocycles. The number of nitrogens with zero attached hydrogens (tertiary/aromatic N) is 2. The summed E-state index contributed by atoms with van der Waals surface area (Å²) in [5, 5.41) is 0. The average Bonchev–Trinajstić information content (AvgIpc) is 2.13. The zero-order chi connectivity index (χ0) is 7.56. The summed E-state index contributed by atoms with van der Waals surface area (Å²) in [4.78, 5) is 0. The van der Waals surface area contributed by atoms with Gasteiger partial charge in [0.1, 0.15) is 0 Å². The van der Waals surface area contributed by atoms with E-state index in [9.17, 15) is 0 Å². The Labute approximate surface area is 65.5 Å². The minimum atomic E-state index is 0.767. The zero-order valence-electron chi connectivity index (χ0n) is 6.83. The Balaban J connectivity index is 2.26. The van der Waals surface area contributed by atoms with Crippen molar-refractivity contribution in [1.82, 2.24) is 9.13 Å². The van der Waals surface area contributed by atoms with Crippen molar-refractivity contribution in [2.75, 3.05) is 13.6 Å². The van der Waals surface area contributed by atoms with Crippen LogP contribution in [0.3, 0.4) is 0 Å². The maximum absolute atomic E-state index is 2.35. The molecule has 1 rings (SSSR count). The van der Waals surface area contributed by atoms with Crippen LogP contribution in [0.4, 0.5) is 0 Å². The first-order valence-electron chi connectivity index (χ1n) is 3.62. The summed E-state index contributed by atoms with van der Waals surface area (Å²) in [6.07, 6.45) is 4.29. The van der Waals surface area contributed by atoms with E-state index in [1.807, 2.05) is 0 Å². The summed E-state index contributed by atoms with van der Waals surface area (Å²) in [5.41, 5.74) is 0. The Morgan fingerprint density at radius 1 is 1.40 bits per heavy atom. The highest BCUT2D eigenvalue weighted by atomic mass is 28.2. The summed E-state index contributed by atoms with van der Waals surface area (Å²) in [6.45, 7) is 5.67. The van der Waals surface area contributed by atoms with E-state index in [4.69, 9.17) is 0 Å². The molecular weight excluding hydrogens is 140 g/mol. The predicted molar refractivity (Wildman–Crippen MR) is 44.2 cm³/mol. The van der Waals surface area contributed by atoms with Crippen molar-refractivity contribution >= 4 is 9.84 Å². The van der Waals surface area contributed by atoms with E-state index >= 15 is 0 Å². The molecule has 1 aliphatic rings. The molecule has 0 spiro atoms. The fourth-order valence-electron chi connectivity index (χ4n) is 0.945. The zero-order valence-corrected chi connectivity index (χ0v) is 7.83. The molecule has 0 amide bonds. The smallest absolute Gasteiger partial charge is 0.331 e. The first-order chi connectivity index (χ1) is 4.68. The SMILES string of the molecule is CC(C)CN1C=CN(C)[Si]1. The van der Waals surface area contributed by atoms with E-state index in [0.717, 1.165) is 15.8 Å². The van der Waals surface area contributed by atoms with Gasteiger partial charge in [0.15, 0.2) is 0 Å². The molecule has 0 saturated heterocycles. The lowest BCUT2D eigenvalue weighted by atomic mass is 10.2. The Morgan fingerprint density at radius 3 is 2.50 bits per heavy atom. The Hall–Kier alpha value is -0.443. The second-order valence-electron chi connectivity index (χ2n) is 3.06. The van der Waals surface area contributed by atoms with Crippen molar-refractivity contribution in [3.8, 4) is 0 Å². The number of hydrogen-bond donors (Lipinski definition) is 0. The molecule has 56 valence electrons. The first-order valence-corrected chi connectivity index (χ1v) is 4.52. The van der Waals surface area contributed by atoms with E-state index < -0.39 is 0 Å². The maximum Gasteiger partial charge on any atom is 0.331 e. The molecule has 0 aliphatic carbocycles. The standard InChI is InChI=1S/C7H14N2Si/c1-7(2)6-9-5-4-8(3)10-9/h4-5,7H,6H2,1-3H3. The molecule has 10 heavy (non-hydrogen) atoms. The number of hydrogen-bond acceptors (Lipinski definition) is 2. The van der Waals surface area contributed by atoms with Crippen LogP contribution < -0.4 is 0 Å². The molecule has 3 heteroatoms. The molecule has 0 atom stereocenters. The Kier molecular flexibility index (Phi) is 2.37. The second-order valence-corrected chi connectivity index (χ2v) is 4.54. The summed E-state index contributed by atoms with van der Waals surface area (Å²) >= 11 is 0. The molecule has 0 N–H and O–H groups in total. The minimum Gasteiger partial charge on any atom is -0.388 e. The van der Waals surface area contributed by atoms with E-state index in [2.05, 4.69) is 42.4 Å². The monoisotopic (exact) mass is 154 g/mol. The van der Waals surface area contributed by atoms with Gasteiger partial charge in [-0.05, 0) is 13.0 Å². The number of rotatable bonds is 2. The van der Waals surface area contributed by atoms with Gasteiger partial charge in [-0.1, -0.05) is 13.8 Å². The van der Waals surface area contributed by atoms with Gasteiger partial charge in [0.05, 0.1) is 0 Å². The fraction of sp³-hybridized carbons (Fsp3) is 0.714. The molecule has 0 unspecified atom stereocenters. The third-order valence-corrected chi connectivity index (χ3v) is 2.37. The van der Waals surface area contributed by atoms with Crippen LogP contribution in [0.1, 0.15) is 13.8 Å². The molecule has 0 aromatic rings. The first kappa shape index (κ1) is 7.66. The highest BCUT2D eigenvalue weighted by molar-refractivity contribution is 6.30. The van der Waals surface area contributed by atoms with Gasteiger partial charge >= 0.3 is 9.84 Å². The normalized spacial score (nSPS) is 17.6. The molecule has 0 fully saturated rings. The summed E-state index contributed by atoms with van der Waals surface area (Å²) < 4.78 is 4.56. The average molecular weight is 154 g/mol. The van der Waals surface area contributed by atoms with Crippen LogP contribution in [-0.4, -0.2) is 32.6 Å². The summed E-state index contributed by atoms with van der Waals surface area (Å²) in [6, 6.07) is 0. The maximum atomic E-state index is 2.35. The highest BCUT2D eigenvalue weighted by Gasteiger charge is 2.11.